The van der Waals surface area contributed by atoms with Crippen LogP contribution in [0.3, 0.4) is 0 Å². The number of imidazole rings is 1. The largest absolute Gasteiger partial charge is 0.496 e. The molecule has 2 N–H and O–H groups in total. The first-order valence-electron chi connectivity index (χ1n) is 5.86. The van der Waals surface area contributed by atoms with E-state index in [-0.39, 0.29) is 0 Å². The zero-order chi connectivity index (χ0) is 13.1. The number of ether oxygens (including phenoxy) is 1. The Kier molecular flexibility index (Phi) is 3.62. The maximum atomic E-state index is 5.64. The smallest absolute Gasteiger partial charge is 0.128 e. The summed E-state index contributed by atoms with van der Waals surface area (Å²) in [5.74, 6) is 1.75. The van der Waals surface area contributed by atoms with Gasteiger partial charge in [0.2, 0.25) is 0 Å². The van der Waals surface area contributed by atoms with Crippen molar-refractivity contribution in [2.75, 3.05) is 7.11 Å². The number of pyridine rings is 1. The van der Waals surface area contributed by atoms with Crippen LogP contribution >= 0.6 is 0 Å². The van der Waals surface area contributed by atoms with Crippen LogP contribution < -0.4 is 10.5 Å². The van der Waals surface area contributed by atoms with Gasteiger partial charge in [0.1, 0.15) is 11.6 Å². The van der Waals surface area contributed by atoms with Crippen LogP contribution in [-0.4, -0.2) is 21.6 Å². The maximum Gasteiger partial charge on any atom is 0.128 e. The van der Waals surface area contributed by atoms with Crippen molar-refractivity contribution < 1.29 is 4.74 Å². The molecule has 0 atom stereocenters. The SMILES string of the molecule is COc1c(C)cnc(Cn2ccnc2CN)c1C. The molecule has 2 aromatic heterocycles. The summed E-state index contributed by atoms with van der Waals surface area (Å²) in [6.45, 7) is 5.10. The topological polar surface area (TPSA) is 66.0 Å². The van der Waals surface area contributed by atoms with Crippen molar-refractivity contribution in [1.29, 1.82) is 0 Å². The molecule has 2 heterocycles. The minimum absolute atomic E-state index is 0.426. The number of methoxy groups -OCH3 is 1. The van der Waals surface area contributed by atoms with E-state index in [1.165, 1.54) is 0 Å². The number of nitrogens with zero attached hydrogens (tertiary/aromatic N) is 3. The first-order chi connectivity index (χ1) is 8.67. The van der Waals surface area contributed by atoms with Crippen molar-refractivity contribution in [2.24, 2.45) is 5.73 Å². The molecule has 5 nitrogen and oxygen atoms in total. The molecule has 0 spiro atoms. The summed E-state index contributed by atoms with van der Waals surface area (Å²) in [7, 11) is 1.68. The molecule has 2 rings (SSSR count). The highest BCUT2D eigenvalue weighted by Crippen LogP contribution is 2.24. The molecule has 0 aliphatic rings. The van der Waals surface area contributed by atoms with E-state index in [1.54, 1.807) is 13.3 Å². The van der Waals surface area contributed by atoms with E-state index in [0.717, 1.165) is 28.4 Å². The van der Waals surface area contributed by atoms with Gasteiger partial charge in [0, 0.05) is 29.7 Å². The fraction of sp³-hybridized carbons (Fsp3) is 0.385. The summed E-state index contributed by atoms with van der Waals surface area (Å²) < 4.78 is 7.41. The van der Waals surface area contributed by atoms with Crippen LogP contribution in [0.25, 0.3) is 0 Å². The summed E-state index contributed by atoms with van der Waals surface area (Å²) in [6.07, 6.45) is 5.50. The van der Waals surface area contributed by atoms with Crippen LogP contribution in [0.2, 0.25) is 0 Å². The van der Waals surface area contributed by atoms with Crippen molar-refractivity contribution in [3.8, 4) is 5.75 Å². The lowest BCUT2D eigenvalue weighted by Gasteiger charge is -2.13. The molecule has 0 saturated carbocycles. The number of nitrogens with two attached hydrogens (primary N) is 1. The highest BCUT2D eigenvalue weighted by atomic mass is 16.5. The van der Waals surface area contributed by atoms with E-state index in [2.05, 4.69) is 9.97 Å². The number of rotatable bonds is 4. The second-order valence-corrected chi connectivity index (χ2v) is 4.22. The Hall–Kier alpha value is -1.88. The fourth-order valence-electron chi connectivity index (χ4n) is 2.07. The Labute approximate surface area is 107 Å². The standard InChI is InChI=1S/C13H18N4O/c1-9-7-16-11(10(2)13(9)18-3)8-17-5-4-15-12(17)6-14/h4-5,7H,6,8,14H2,1-3H3. The second-order valence-electron chi connectivity index (χ2n) is 4.22. The Balaban J connectivity index is 2.35. The first kappa shape index (κ1) is 12.6. The Morgan fingerprint density at radius 2 is 2.11 bits per heavy atom. The van der Waals surface area contributed by atoms with Crippen molar-refractivity contribution in [3.63, 3.8) is 0 Å². The number of aryl methyl sites for hydroxylation is 1. The van der Waals surface area contributed by atoms with Gasteiger partial charge in [0.15, 0.2) is 0 Å². The molecule has 18 heavy (non-hydrogen) atoms. The molecule has 5 heteroatoms. The molecule has 0 fully saturated rings. The van der Waals surface area contributed by atoms with Gasteiger partial charge >= 0.3 is 0 Å². The van der Waals surface area contributed by atoms with Crippen LogP contribution in [-0.2, 0) is 13.1 Å². The van der Waals surface area contributed by atoms with Gasteiger partial charge < -0.3 is 15.0 Å². The van der Waals surface area contributed by atoms with E-state index >= 15 is 0 Å². The van der Waals surface area contributed by atoms with Crippen molar-refractivity contribution in [2.45, 2.75) is 26.9 Å². The molecule has 0 aliphatic carbocycles. The number of hydrogen-bond donors (Lipinski definition) is 1. The van der Waals surface area contributed by atoms with E-state index in [4.69, 9.17) is 10.5 Å². The second kappa shape index (κ2) is 5.18. The normalized spacial score (nSPS) is 10.7. The Morgan fingerprint density at radius 1 is 1.33 bits per heavy atom. The Bertz CT molecular complexity index is 548. The predicted molar refractivity (Wildman–Crippen MR) is 69.5 cm³/mol. The van der Waals surface area contributed by atoms with Crippen LogP contribution in [0, 0.1) is 13.8 Å². The summed E-state index contributed by atoms with van der Waals surface area (Å²) >= 11 is 0. The quantitative estimate of drug-likeness (QED) is 0.885. The highest BCUT2D eigenvalue weighted by molar-refractivity contribution is 5.41. The third-order valence-electron chi connectivity index (χ3n) is 3.05. The fourth-order valence-corrected chi connectivity index (χ4v) is 2.07. The number of aromatic nitrogens is 3. The lowest BCUT2D eigenvalue weighted by molar-refractivity contribution is 0.406. The van der Waals surface area contributed by atoms with Gasteiger partial charge in [-0.3, -0.25) is 4.98 Å². The molecular weight excluding hydrogens is 228 g/mol. The minimum Gasteiger partial charge on any atom is -0.496 e. The molecule has 0 aromatic carbocycles. The molecule has 0 unspecified atom stereocenters. The van der Waals surface area contributed by atoms with Gasteiger partial charge in [-0.2, -0.15) is 0 Å². The van der Waals surface area contributed by atoms with Crippen LogP contribution in [0.15, 0.2) is 18.6 Å². The molecule has 0 amide bonds. The summed E-state index contributed by atoms with van der Waals surface area (Å²) in [6, 6.07) is 0. The molecule has 0 radical (unpaired) electrons. The van der Waals surface area contributed by atoms with Gasteiger partial charge in [0.05, 0.1) is 25.9 Å². The molecule has 0 saturated heterocycles. The lowest BCUT2D eigenvalue weighted by atomic mass is 10.1. The van der Waals surface area contributed by atoms with Gasteiger partial charge in [-0.1, -0.05) is 0 Å². The van der Waals surface area contributed by atoms with Crippen LogP contribution in [0.1, 0.15) is 22.6 Å². The first-order valence-corrected chi connectivity index (χ1v) is 5.86. The van der Waals surface area contributed by atoms with Gasteiger partial charge in [-0.15, -0.1) is 0 Å². The highest BCUT2D eigenvalue weighted by Gasteiger charge is 2.11. The third kappa shape index (κ3) is 2.22. The van der Waals surface area contributed by atoms with E-state index in [9.17, 15) is 0 Å². The zero-order valence-electron chi connectivity index (χ0n) is 11.0. The lowest BCUT2D eigenvalue weighted by Crippen LogP contribution is -2.11. The molecule has 96 valence electrons. The predicted octanol–water partition coefficient (Wildman–Crippen LogP) is 1.41. The zero-order valence-corrected chi connectivity index (χ0v) is 11.0. The van der Waals surface area contributed by atoms with Gasteiger partial charge in [-0.05, 0) is 13.8 Å². The summed E-state index contributed by atoms with van der Waals surface area (Å²) in [5.41, 5.74) is 8.72. The van der Waals surface area contributed by atoms with Crippen molar-refractivity contribution in [3.05, 3.63) is 41.2 Å². The van der Waals surface area contributed by atoms with E-state index in [1.807, 2.05) is 30.8 Å². The minimum atomic E-state index is 0.426. The number of hydrogen-bond acceptors (Lipinski definition) is 4. The molecule has 0 aliphatic heterocycles. The Morgan fingerprint density at radius 3 is 2.78 bits per heavy atom. The summed E-state index contributed by atoms with van der Waals surface area (Å²) in [5, 5.41) is 0. The third-order valence-corrected chi connectivity index (χ3v) is 3.05. The van der Waals surface area contributed by atoms with Gasteiger partial charge in [-0.25, -0.2) is 4.98 Å². The van der Waals surface area contributed by atoms with Crippen molar-refractivity contribution in [1.82, 2.24) is 14.5 Å². The van der Waals surface area contributed by atoms with E-state index in [0.29, 0.717) is 13.1 Å². The monoisotopic (exact) mass is 246 g/mol. The average molecular weight is 246 g/mol. The molecule has 2 aromatic rings. The van der Waals surface area contributed by atoms with Gasteiger partial charge in [0.25, 0.3) is 0 Å². The summed E-state index contributed by atoms with van der Waals surface area (Å²) in [4.78, 5) is 8.67. The van der Waals surface area contributed by atoms with Crippen LogP contribution in [0.5, 0.6) is 5.75 Å². The maximum absolute atomic E-state index is 5.64. The molecule has 0 bridgehead atoms. The van der Waals surface area contributed by atoms with Crippen LogP contribution in [0.4, 0.5) is 0 Å². The average Bonchev–Trinajstić information content (AvgIpc) is 2.81. The van der Waals surface area contributed by atoms with E-state index < -0.39 is 0 Å². The molecular formula is C13H18N4O. The van der Waals surface area contributed by atoms with Crippen molar-refractivity contribution >= 4 is 0 Å².